The Labute approximate surface area is 99.1 Å². The highest BCUT2D eigenvalue weighted by Gasteiger charge is 2.34. The third kappa shape index (κ3) is 1.74. The maximum Gasteiger partial charge on any atom is 0.137 e. The van der Waals surface area contributed by atoms with Gasteiger partial charge in [-0.1, -0.05) is 18.2 Å². The van der Waals surface area contributed by atoms with Gasteiger partial charge in [0.15, 0.2) is 0 Å². The smallest absolute Gasteiger partial charge is 0.137 e. The lowest BCUT2D eigenvalue weighted by atomic mass is 10.2. The number of ether oxygens (including phenoxy) is 1. The van der Waals surface area contributed by atoms with Crippen LogP contribution in [0, 0.1) is 0 Å². The van der Waals surface area contributed by atoms with Crippen LogP contribution in [0.25, 0.3) is 10.9 Å². The summed E-state index contributed by atoms with van der Waals surface area (Å²) < 4.78 is 7.65. The molecule has 0 aliphatic carbocycles. The van der Waals surface area contributed by atoms with Gasteiger partial charge >= 0.3 is 0 Å². The molecular formula is C13H15NO3. The largest absolute Gasteiger partial charge is 0.394 e. The van der Waals surface area contributed by atoms with Crippen molar-refractivity contribution in [1.29, 1.82) is 0 Å². The van der Waals surface area contributed by atoms with Gasteiger partial charge in [0, 0.05) is 12.6 Å². The van der Waals surface area contributed by atoms with Crippen molar-refractivity contribution < 1.29 is 14.9 Å². The first-order chi connectivity index (χ1) is 8.29. The van der Waals surface area contributed by atoms with Crippen LogP contribution in [0.1, 0.15) is 12.6 Å². The predicted molar refractivity (Wildman–Crippen MR) is 63.6 cm³/mol. The van der Waals surface area contributed by atoms with Crippen LogP contribution in [-0.2, 0) is 4.74 Å². The second-order valence-electron chi connectivity index (χ2n) is 4.40. The minimum absolute atomic E-state index is 0.142. The number of hydrogen-bond acceptors (Lipinski definition) is 3. The van der Waals surface area contributed by atoms with Crippen molar-refractivity contribution in [2.45, 2.75) is 24.9 Å². The summed E-state index contributed by atoms with van der Waals surface area (Å²) >= 11 is 0. The fourth-order valence-electron chi connectivity index (χ4n) is 2.41. The normalized spacial score (nSPS) is 28.9. The van der Waals surface area contributed by atoms with Crippen LogP contribution < -0.4 is 0 Å². The van der Waals surface area contributed by atoms with E-state index in [2.05, 4.69) is 0 Å². The first-order valence-corrected chi connectivity index (χ1v) is 5.79. The molecule has 3 atom stereocenters. The maximum absolute atomic E-state index is 9.73. The highest BCUT2D eigenvalue weighted by atomic mass is 16.5. The predicted octanol–water partition coefficient (Wildman–Crippen LogP) is 1.28. The van der Waals surface area contributed by atoms with Crippen LogP contribution in [0.4, 0.5) is 0 Å². The van der Waals surface area contributed by atoms with E-state index in [1.807, 2.05) is 41.1 Å². The number of rotatable bonds is 2. The van der Waals surface area contributed by atoms with E-state index >= 15 is 0 Å². The third-order valence-corrected chi connectivity index (χ3v) is 3.32. The monoisotopic (exact) mass is 233 g/mol. The zero-order valence-electron chi connectivity index (χ0n) is 9.36. The SMILES string of the molecule is OCC1O[C@@H](n2ccc3ccccc32)C[C@H]1O. The minimum Gasteiger partial charge on any atom is -0.394 e. The molecular weight excluding hydrogens is 218 g/mol. The van der Waals surface area contributed by atoms with Crippen LogP contribution in [0.2, 0.25) is 0 Å². The third-order valence-electron chi connectivity index (χ3n) is 3.32. The number of aliphatic hydroxyl groups excluding tert-OH is 2. The fourth-order valence-corrected chi connectivity index (χ4v) is 2.41. The van der Waals surface area contributed by atoms with Crippen molar-refractivity contribution >= 4 is 10.9 Å². The van der Waals surface area contributed by atoms with Crippen molar-refractivity contribution in [3.05, 3.63) is 36.5 Å². The molecule has 2 aromatic rings. The standard InChI is InChI=1S/C13H15NO3/c15-8-12-11(16)7-13(17-12)14-6-5-9-3-1-2-4-10(9)14/h1-6,11-13,15-16H,7-8H2/t11-,12?,13-/m1/s1. The highest BCUT2D eigenvalue weighted by Crippen LogP contribution is 2.31. The molecule has 0 amide bonds. The average Bonchev–Trinajstić information content (AvgIpc) is 2.92. The number of aromatic nitrogens is 1. The van der Waals surface area contributed by atoms with Crippen LogP contribution in [-0.4, -0.2) is 33.6 Å². The van der Waals surface area contributed by atoms with Gasteiger partial charge in [0.1, 0.15) is 12.3 Å². The minimum atomic E-state index is -0.592. The molecule has 3 rings (SSSR count). The van der Waals surface area contributed by atoms with Crippen molar-refractivity contribution in [1.82, 2.24) is 4.57 Å². The Balaban J connectivity index is 1.95. The molecule has 2 N–H and O–H groups in total. The topological polar surface area (TPSA) is 54.6 Å². The lowest BCUT2D eigenvalue weighted by molar-refractivity contribution is -0.0428. The van der Waals surface area contributed by atoms with E-state index in [-0.39, 0.29) is 12.8 Å². The van der Waals surface area contributed by atoms with Gasteiger partial charge in [0.2, 0.25) is 0 Å². The van der Waals surface area contributed by atoms with Crippen molar-refractivity contribution in [3.63, 3.8) is 0 Å². The Hall–Kier alpha value is -1.36. The Bertz CT molecular complexity index is 522. The first-order valence-electron chi connectivity index (χ1n) is 5.79. The molecule has 1 unspecified atom stereocenters. The summed E-state index contributed by atoms with van der Waals surface area (Å²) in [5.41, 5.74) is 1.09. The number of aliphatic hydroxyl groups is 2. The van der Waals surface area contributed by atoms with Gasteiger partial charge in [0.25, 0.3) is 0 Å². The highest BCUT2D eigenvalue weighted by molar-refractivity contribution is 5.80. The van der Waals surface area contributed by atoms with Crippen LogP contribution in [0.3, 0.4) is 0 Å². The van der Waals surface area contributed by atoms with Gasteiger partial charge in [-0.3, -0.25) is 0 Å². The van der Waals surface area contributed by atoms with E-state index in [9.17, 15) is 5.11 Å². The molecule has 0 spiro atoms. The zero-order valence-corrected chi connectivity index (χ0v) is 9.36. The zero-order chi connectivity index (χ0) is 11.8. The van der Waals surface area contributed by atoms with Gasteiger partial charge in [-0.25, -0.2) is 0 Å². The number of nitrogens with zero attached hydrogens (tertiary/aromatic N) is 1. The summed E-state index contributed by atoms with van der Waals surface area (Å²) in [5, 5.41) is 20.0. The molecule has 1 saturated heterocycles. The second-order valence-corrected chi connectivity index (χ2v) is 4.40. The van der Waals surface area contributed by atoms with E-state index in [0.29, 0.717) is 6.42 Å². The first kappa shape index (κ1) is 10.8. The Morgan fingerprint density at radius 2 is 2.12 bits per heavy atom. The van der Waals surface area contributed by atoms with Crippen molar-refractivity contribution in [2.24, 2.45) is 0 Å². The number of benzene rings is 1. The molecule has 0 radical (unpaired) electrons. The molecule has 4 heteroatoms. The molecule has 2 heterocycles. The van der Waals surface area contributed by atoms with E-state index in [4.69, 9.17) is 9.84 Å². The van der Waals surface area contributed by atoms with Crippen LogP contribution in [0.15, 0.2) is 36.5 Å². The van der Waals surface area contributed by atoms with Crippen molar-refractivity contribution in [2.75, 3.05) is 6.61 Å². The summed E-state index contributed by atoms with van der Waals surface area (Å²) in [6, 6.07) is 10.1. The molecule has 1 fully saturated rings. The second kappa shape index (κ2) is 4.14. The number of para-hydroxylation sites is 1. The van der Waals surface area contributed by atoms with E-state index in [1.54, 1.807) is 0 Å². The number of fused-ring (bicyclic) bond motifs is 1. The van der Waals surface area contributed by atoms with Crippen molar-refractivity contribution in [3.8, 4) is 0 Å². The maximum atomic E-state index is 9.73. The van der Waals surface area contributed by atoms with Gasteiger partial charge < -0.3 is 19.5 Å². The summed E-state index contributed by atoms with van der Waals surface area (Å²) in [6.07, 6.45) is 1.22. The van der Waals surface area contributed by atoms with Crippen LogP contribution in [0.5, 0.6) is 0 Å². The molecule has 1 aromatic heterocycles. The van der Waals surface area contributed by atoms with Gasteiger partial charge in [-0.2, -0.15) is 0 Å². The molecule has 90 valence electrons. The van der Waals surface area contributed by atoms with E-state index < -0.39 is 12.2 Å². The molecule has 17 heavy (non-hydrogen) atoms. The lowest BCUT2D eigenvalue weighted by Crippen LogP contribution is -2.24. The van der Waals surface area contributed by atoms with Gasteiger partial charge in [-0.05, 0) is 17.5 Å². The van der Waals surface area contributed by atoms with E-state index in [1.165, 1.54) is 0 Å². The molecule has 0 saturated carbocycles. The Morgan fingerprint density at radius 1 is 1.29 bits per heavy atom. The molecule has 4 nitrogen and oxygen atoms in total. The summed E-state index contributed by atoms with van der Waals surface area (Å²) in [6.45, 7) is -0.142. The quantitative estimate of drug-likeness (QED) is 0.821. The number of hydrogen-bond donors (Lipinski definition) is 2. The molecule has 0 bridgehead atoms. The molecule has 1 aromatic carbocycles. The lowest BCUT2D eigenvalue weighted by Gasteiger charge is -2.14. The van der Waals surface area contributed by atoms with Gasteiger partial charge in [-0.15, -0.1) is 0 Å². The summed E-state index contributed by atoms with van der Waals surface area (Å²) in [5.74, 6) is 0. The van der Waals surface area contributed by atoms with E-state index in [0.717, 1.165) is 10.9 Å². The molecule has 1 aliphatic rings. The Morgan fingerprint density at radius 3 is 2.88 bits per heavy atom. The molecule has 1 aliphatic heterocycles. The average molecular weight is 233 g/mol. The van der Waals surface area contributed by atoms with Crippen LogP contribution >= 0.6 is 0 Å². The fraction of sp³-hybridized carbons (Fsp3) is 0.385. The Kier molecular flexibility index (Phi) is 2.63. The van der Waals surface area contributed by atoms with Gasteiger partial charge in [0.05, 0.1) is 18.2 Å². The summed E-state index contributed by atoms with van der Waals surface area (Å²) in [7, 11) is 0. The summed E-state index contributed by atoms with van der Waals surface area (Å²) in [4.78, 5) is 0.